The molecule has 0 radical (unpaired) electrons. The van der Waals surface area contributed by atoms with Crippen molar-refractivity contribution in [3.05, 3.63) is 59.7 Å². The molecule has 2 rings (SSSR count). The van der Waals surface area contributed by atoms with Gasteiger partial charge in [0.2, 0.25) is 5.91 Å². The molecule has 0 aliphatic rings. The largest absolute Gasteiger partial charge is 0.494 e. The van der Waals surface area contributed by atoms with Crippen LogP contribution in [0.1, 0.15) is 18.1 Å². The van der Waals surface area contributed by atoms with Crippen molar-refractivity contribution >= 4 is 24.0 Å². The van der Waals surface area contributed by atoms with Gasteiger partial charge in [-0.2, -0.15) is 0 Å². The van der Waals surface area contributed by atoms with Crippen molar-refractivity contribution in [2.45, 2.75) is 19.8 Å². The van der Waals surface area contributed by atoms with Crippen LogP contribution in [-0.4, -0.2) is 19.1 Å². The lowest BCUT2D eigenvalue weighted by Gasteiger charge is -2.07. The fraction of sp³-hybridized carbons (Fsp3) is 0.278. The summed E-state index contributed by atoms with van der Waals surface area (Å²) in [7, 11) is 0. The van der Waals surface area contributed by atoms with Crippen LogP contribution >= 0.6 is 12.4 Å². The molecule has 0 aliphatic carbocycles. The van der Waals surface area contributed by atoms with Crippen LogP contribution < -0.4 is 15.8 Å². The van der Waals surface area contributed by atoms with Crippen LogP contribution in [0.25, 0.3) is 0 Å². The molecule has 0 saturated carbocycles. The first-order valence-corrected chi connectivity index (χ1v) is 7.50. The summed E-state index contributed by atoms with van der Waals surface area (Å²) in [5.74, 6) is 0.856. The monoisotopic (exact) mass is 334 g/mol. The van der Waals surface area contributed by atoms with E-state index in [-0.39, 0.29) is 18.3 Å². The van der Waals surface area contributed by atoms with E-state index < -0.39 is 0 Å². The fourth-order valence-electron chi connectivity index (χ4n) is 2.15. The van der Waals surface area contributed by atoms with E-state index in [0.717, 1.165) is 29.0 Å². The molecular weight excluding hydrogens is 312 g/mol. The van der Waals surface area contributed by atoms with Gasteiger partial charge in [0.15, 0.2) is 0 Å². The number of nitrogen functional groups attached to an aromatic ring is 1. The van der Waals surface area contributed by atoms with Gasteiger partial charge < -0.3 is 15.8 Å². The number of carbonyl (C=O) groups is 1. The van der Waals surface area contributed by atoms with Gasteiger partial charge in [0.1, 0.15) is 5.75 Å². The number of hydrogen-bond donors (Lipinski definition) is 2. The zero-order valence-electron chi connectivity index (χ0n) is 13.2. The molecule has 5 heteroatoms. The van der Waals surface area contributed by atoms with Crippen LogP contribution in [0.5, 0.6) is 5.75 Å². The Morgan fingerprint density at radius 1 is 1.04 bits per heavy atom. The second-order valence-electron chi connectivity index (χ2n) is 5.10. The van der Waals surface area contributed by atoms with Gasteiger partial charge in [-0.05, 0) is 48.7 Å². The summed E-state index contributed by atoms with van der Waals surface area (Å²) in [6.45, 7) is 3.22. The Kier molecular flexibility index (Phi) is 7.98. The average Bonchev–Trinajstić information content (AvgIpc) is 2.51. The SMILES string of the molecule is CCOc1ccc(CC(=O)NCCc2ccc(N)cc2)cc1.Cl. The third-order valence-corrected chi connectivity index (χ3v) is 3.31. The van der Waals surface area contributed by atoms with Crippen LogP contribution in [-0.2, 0) is 17.6 Å². The molecular formula is C18H23ClN2O2. The Bertz CT molecular complexity index is 597. The van der Waals surface area contributed by atoms with Gasteiger partial charge in [-0.15, -0.1) is 12.4 Å². The summed E-state index contributed by atoms with van der Waals surface area (Å²) >= 11 is 0. The lowest BCUT2D eigenvalue weighted by atomic mass is 10.1. The zero-order chi connectivity index (χ0) is 15.8. The Balaban J connectivity index is 0.00000264. The highest BCUT2D eigenvalue weighted by Crippen LogP contribution is 2.12. The predicted molar refractivity (Wildman–Crippen MR) is 96.1 cm³/mol. The van der Waals surface area contributed by atoms with E-state index in [2.05, 4.69) is 5.32 Å². The minimum Gasteiger partial charge on any atom is -0.494 e. The molecule has 4 nitrogen and oxygen atoms in total. The van der Waals surface area contributed by atoms with Gasteiger partial charge in [0, 0.05) is 12.2 Å². The molecule has 2 aromatic rings. The van der Waals surface area contributed by atoms with Gasteiger partial charge in [-0.25, -0.2) is 0 Å². The molecule has 0 aromatic heterocycles. The second kappa shape index (κ2) is 9.74. The highest BCUT2D eigenvalue weighted by molar-refractivity contribution is 5.85. The maximum atomic E-state index is 11.9. The standard InChI is InChI=1S/C18H22N2O2.ClH/c1-2-22-17-9-5-15(6-10-17)13-18(21)20-12-11-14-3-7-16(19)8-4-14;/h3-10H,2,11-13,19H2,1H3,(H,20,21);1H. The molecule has 0 spiro atoms. The fourth-order valence-corrected chi connectivity index (χ4v) is 2.15. The van der Waals surface area contributed by atoms with E-state index in [4.69, 9.17) is 10.5 Å². The first kappa shape index (κ1) is 18.8. The van der Waals surface area contributed by atoms with Gasteiger partial charge >= 0.3 is 0 Å². The second-order valence-corrected chi connectivity index (χ2v) is 5.10. The molecule has 0 aliphatic heterocycles. The van der Waals surface area contributed by atoms with Crippen LogP contribution in [0.3, 0.4) is 0 Å². The molecule has 0 unspecified atom stereocenters. The highest BCUT2D eigenvalue weighted by atomic mass is 35.5. The molecule has 2 aromatic carbocycles. The van der Waals surface area contributed by atoms with E-state index in [1.807, 2.05) is 55.5 Å². The Hall–Kier alpha value is -2.20. The topological polar surface area (TPSA) is 64.3 Å². The van der Waals surface area contributed by atoms with Gasteiger partial charge in [-0.1, -0.05) is 24.3 Å². The van der Waals surface area contributed by atoms with Crippen molar-refractivity contribution in [1.82, 2.24) is 5.32 Å². The number of anilines is 1. The molecule has 124 valence electrons. The maximum absolute atomic E-state index is 11.9. The lowest BCUT2D eigenvalue weighted by molar-refractivity contribution is -0.120. The summed E-state index contributed by atoms with van der Waals surface area (Å²) in [5.41, 5.74) is 8.54. The molecule has 0 atom stereocenters. The summed E-state index contributed by atoms with van der Waals surface area (Å²) in [4.78, 5) is 11.9. The van der Waals surface area contributed by atoms with Crippen LogP contribution in [0.2, 0.25) is 0 Å². The van der Waals surface area contributed by atoms with Crippen molar-refractivity contribution in [2.24, 2.45) is 0 Å². The summed E-state index contributed by atoms with van der Waals surface area (Å²) in [6, 6.07) is 15.3. The summed E-state index contributed by atoms with van der Waals surface area (Å²) < 4.78 is 5.38. The van der Waals surface area contributed by atoms with Crippen molar-refractivity contribution in [3.63, 3.8) is 0 Å². The molecule has 3 N–H and O–H groups in total. The molecule has 0 heterocycles. The maximum Gasteiger partial charge on any atom is 0.224 e. The normalized spacial score (nSPS) is 9.78. The van der Waals surface area contributed by atoms with Gasteiger partial charge in [-0.3, -0.25) is 4.79 Å². The number of nitrogens with one attached hydrogen (secondary N) is 1. The quantitative estimate of drug-likeness (QED) is 0.765. The van der Waals surface area contributed by atoms with Crippen LogP contribution in [0.4, 0.5) is 5.69 Å². The van der Waals surface area contributed by atoms with E-state index in [9.17, 15) is 4.79 Å². The van der Waals surface area contributed by atoms with Crippen molar-refractivity contribution in [3.8, 4) is 5.75 Å². The number of ether oxygens (including phenoxy) is 1. The minimum atomic E-state index is 0. The lowest BCUT2D eigenvalue weighted by Crippen LogP contribution is -2.27. The van der Waals surface area contributed by atoms with E-state index >= 15 is 0 Å². The van der Waals surface area contributed by atoms with Crippen molar-refractivity contribution in [1.29, 1.82) is 0 Å². The number of hydrogen-bond acceptors (Lipinski definition) is 3. The molecule has 0 bridgehead atoms. The number of rotatable bonds is 7. The summed E-state index contributed by atoms with van der Waals surface area (Å²) in [5, 5.41) is 2.93. The Labute approximate surface area is 143 Å². The number of halogens is 1. The number of nitrogens with two attached hydrogens (primary N) is 1. The van der Waals surface area contributed by atoms with Gasteiger partial charge in [0.05, 0.1) is 13.0 Å². The average molecular weight is 335 g/mol. The predicted octanol–water partition coefficient (Wildman–Crippen LogP) is 2.99. The smallest absolute Gasteiger partial charge is 0.224 e. The number of amides is 1. The third kappa shape index (κ3) is 6.61. The van der Waals surface area contributed by atoms with Crippen molar-refractivity contribution < 1.29 is 9.53 Å². The Morgan fingerprint density at radius 3 is 2.26 bits per heavy atom. The zero-order valence-corrected chi connectivity index (χ0v) is 14.1. The number of carbonyl (C=O) groups excluding carboxylic acids is 1. The summed E-state index contributed by atoms with van der Waals surface area (Å²) in [6.07, 6.45) is 1.18. The van der Waals surface area contributed by atoms with E-state index in [1.165, 1.54) is 0 Å². The minimum absolute atomic E-state index is 0. The van der Waals surface area contributed by atoms with Gasteiger partial charge in [0.25, 0.3) is 0 Å². The first-order chi connectivity index (χ1) is 10.7. The van der Waals surface area contributed by atoms with E-state index in [0.29, 0.717) is 19.6 Å². The first-order valence-electron chi connectivity index (χ1n) is 7.50. The number of benzene rings is 2. The molecule has 1 amide bonds. The van der Waals surface area contributed by atoms with Crippen LogP contribution in [0, 0.1) is 0 Å². The van der Waals surface area contributed by atoms with Crippen molar-refractivity contribution in [2.75, 3.05) is 18.9 Å². The molecule has 23 heavy (non-hydrogen) atoms. The highest BCUT2D eigenvalue weighted by Gasteiger charge is 2.03. The molecule has 0 saturated heterocycles. The third-order valence-electron chi connectivity index (χ3n) is 3.31. The van der Waals surface area contributed by atoms with E-state index in [1.54, 1.807) is 0 Å². The molecule has 0 fully saturated rings. The van der Waals surface area contributed by atoms with Crippen LogP contribution in [0.15, 0.2) is 48.5 Å². The Morgan fingerprint density at radius 2 is 1.65 bits per heavy atom.